The number of carbonyl (C=O) groups is 2. The van der Waals surface area contributed by atoms with Crippen LogP contribution in [-0.4, -0.2) is 33.9 Å². The smallest absolute Gasteiger partial charge is 0.269 e. The van der Waals surface area contributed by atoms with Crippen molar-refractivity contribution in [3.05, 3.63) is 90.0 Å². The van der Waals surface area contributed by atoms with E-state index in [1.807, 2.05) is 18.2 Å². The van der Waals surface area contributed by atoms with Crippen molar-refractivity contribution >= 4 is 44.5 Å². The molecule has 2 amide bonds. The van der Waals surface area contributed by atoms with Gasteiger partial charge in [0.15, 0.2) is 0 Å². The fourth-order valence-corrected chi connectivity index (χ4v) is 5.13. The molecule has 1 aliphatic heterocycles. The van der Waals surface area contributed by atoms with Crippen LogP contribution in [0.3, 0.4) is 0 Å². The van der Waals surface area contributed by atoms with Crippen molar-refractivity contribution in [2.75, 3.05) is 22.9 Å². The number of carbonyl (C=O) groups excluding carboxylic acids is 2. The van der Waals surface area contributed by atoms with E-state index in [0.717, 1.165) is 4.90 Å². The Labute approximate surface area is 198 Å². The first kappa shape index (κ1) is 23.3. The third kappa shape index (κ3) is 3.97. The standard InChI is InChI=1S/C26H24N2O5S/c1-4-33-25(19-11-7-5-8-12-19)24-22-17-21(15-16-23(22)28(18(2)29)26(24)30)34(31,32)27(3)20-13-9-6-10-14-20/h5-17H,4H2,1-3H3. The summed E-state index contributed by atoms with van der Waals surface area (Å²) in [5.74, 6) is -0.730. The Bertz CT molecular complexity index is 1380. The first-order chi connectivity index (χ1) is 16.3. The molecule has 0 atom stereocenters. The Balaban J connectivity index is 1.94. The highest BCUT2D eigenvalue weighted by atomic mass is 32.2. The maximum Gasteiger partial charge on any atom is 0.269 e. The van der Waals surface area contributed by atoms with Gasteiger partial charge >= 0.3 is 0 Å². The largest absolute Gasteiger partial charge is 0.492 e. The molecule has 174 valence electrons. The monoisotopic (exact) mass is 476 g/mol. The summed E-state index contributed by atoms with van der Waals surface area (Å²) in [5, 5.41) is 0. The van der Waals surface area contributed by atoms with Crippen molar-refractivity contribution in [1.29, 1.82) is 0 Å². The van der Waals surface area contributed by atoms with E-state index < -0.39 is 21.8 Å². The number of para-hydroxylation sites is 1. The van der Waals surface area contributed by atoms with Crippen molar-refractivity contribution in [3.8, 4) is 0 Å². The molecule has 0 saturated carbocycles. The molecule has 0 aromatic heterocycles. The Morgan fingerprint density at radius 2 is 1.59 bits per heavy atom. The minimum Gasteiger partial charge on any atom is -0.492 e. The number of ether oxygens (including phenoxy) is 1. The number of sulfonamides is 1. The van der Waals surface area contributed by atoms with E-state index >= 15 is 0 Å². The molecular weight excluding hydrogens is 452 g/mol. The molecule has 34 heavy (non-hydrogen) atoms. The van der Waals surface area contributed by atoms with Crippen LogP contribution in [0.5, 0.6) is 0 Å². The van der Waals surface area contributed by atoms with Crippen LogP contribution in [0, 0.1) is 0 Å². The topological polar surface area (TPSA) is 84.0 Å². The molecule has 0 bridgehead atoms. The molecule has 0 radical (unpaired) electrons. The first-order valence-corrected chi connectivity index (χ1v) is 12.2. The summed E-state index contributed by atoms with van der Waals surface area (Å²) in [6.07, 6.45) is 0. The molecule has 0 N–H and O–H groups in total. The Kier molecular flexibility index (Phi) is 6.26. The van der Waals surface area contributed by atoms with Gasteiger partial charge in [0, 0.05) is 25.1 Å². The lowest BCUT2D eigenvalue weighted by molar-refractivity contribution is -0.122. The zero-order valence-corrected chi connectivity index (χ0v) is 19.9. The Hall–Kier alpha value is -3.91. The molecule has 3 aromatic rings. The van der Waals surface area contributed by atoms with Gasteiger partial charge in [-0.1, -0.05) is 48.5 Å². The van der Waals surface area contributed by atoms with Gasteiger partial charge in [-0.3, -0.25) is 13.9 Å². The fourth-order valence-electron chi connectivity index (χ4n) is 3.91. The van der Waals surface area contributed by atoms with E-state index in [2.05, 4.69) is 0 Å². The van der Waals surface area contributed by atoms with E-state index in [9.17, 15) is 18.0 Å². The molecule has 0 aliphatic carbocycles. The highest BCUT2D eigenvalue weighted by Gasteiger charge is 2.39. The summed E-state index contributed by atoms with van der Waals surface area (Å²) in [5.41, 5.74) is 1.95. The number of hydrogen-bond donors (Lipinski definition) is 0. The van der Waals surface area contributed by atoms with Crippen molar-refractivity contribution in [2.24, 2.45) is 0 Å². The van der Waals surface area contributed by atoms with Gasteiger partial charge in [0.1, 0.15) is 5.76 Å². The van der Waals surface area contributed by atoms with E-state index in [4.69, 9.17) is 4.74 Å². The van der Waals surface area contributed by atoms with E-state index in [1.165, 1.54) is 36.5 Å². The summed E-state index contributed by atoms with van der Waals surface area (Å²) in [4.78, 5) is 26.8. The van der Waals surface area contributed by atoms with Crippen LogP contribution in [0.2, 0.25) is 0 Å². The van der Waals surface area contributed by atoms with Crippen LogP contribution in [-0.2, 0) is 24.3 Å². The van der Waals surface area contributed by atoms with Crippen LogP contribution >= 0.6 is 0 Å². The SMILES string of the molecule is CCOC(=C1C(=O)N(C(C)=O)c2ccc(S(=O)(=O)N(C)c3ccccc3)cc21)c1ccccc1. The van der Waals surface area contributed by atoms with Gasteiger partial charge in [-0.15, -0.1) is 0 Å². The Morgan fingerprint density at radius 1 is 0.971 bits per heavy atom. The van der Waals surface area contributed by atoms with Gasteiger partial charge in [0.2, 0.25) is 5.91 Å². The number of imide groups is 1. The number of fused-ring (bicyclic) bond motifs is 1. The summed E-state index contributed by atoms with van der Waals surface area (Å²) in [7, 11) is -2.47. The molecule has 0 unspecified atom stereocenters. The van der Waals surface area contributed by atoms with Crippen LogP contribution in [0.25, 0.3) is 11.3 Å². The van der Waals surface area contributed by atoms with Crippen molar-refractivity contribution < 1.29 is 22.7 Å². The number of amides is 2. The normalized spacial score (nSPS) is 14.6. The molecule has 7 nitrogen and oxygen atoms in total. The Morgan fingerprint density at radius 3 is 2.18 bits per heavy atom. The van der Waals surface area contributed by atoms with Crippen LogP contribution in [0.15, 0.2) is 83.8 Å². The number of benzene rings is 3. The third-order valence-corrected chi connectivity index (χ3v) is 7.32. The average molecular weight is 477 g/mol. The van der Waals surface area contributed by atoms with Gasteiger partial charge in [0.25, 0.3) is 15.9 Å². The second-order valence-corrected chi connectivity index (χ2v) is 9.62. The molecule has 0 saturated heterocycles. The molecule has 3 aromatic carbocycles. The minimum atomic E-state index is -3.94. The third-order valence-electron chi connectivity index (χ3n) is 5.54. The van der Waals surface area contributed by atoms with Crippen molar-refractivity contribution in [2.45, 2.75) is 18.7 Å². The number of hydrogen-bond acceptors (Lipinski definition) is 5. The number of rotatable bonds is 6. The van der Waals surface area contributed by atoms with Crippen molar-refractivity contribution in [3.63, 3.8) is 0 Å². The minimum absolute atomic E-state index is 0.00258. The van der Waals surface area contributed by atoms with Gasteiger partial charge in [-0.2, -0.15) is 0 Å². The number of nitrogens with zero attached hydrogens (tertiary/aromatic N) is 2. The summed E-state index contributed by atoms with van der Waals surface area (Å²) < 4.78 is 33.9. The molecule has 0 fully saturated rings. The molecule has 1 heterocycles. The average Bonchev–Trinajstić information content (AvgIpc) is 3.14. The van der Waals surface area contributed by atoms with Gasteiger partial charge < -0.3 is 4.74 Å². The lowest BCUT2D eigenvalue weighted by atomic mass is 10.0. The quantitative estimate of drug-likeness (QED) is 0.391. The zero-order chi connectivity index (χ0) is 24.5. The molecular formula is C26H24N2O5S. The highest BCUT2D eigenvalue weighted by Crippen LogP contribution is 2.42. The molecule has 1 aliphatic rings. The summed E-state index contributed by atoms with van der Waals surface area (Å²) in [6.45, 7) is 3.37. The lowest BCUT2D eigenvalue weighted by Gasteiger charge is -2.20. The van der Waals surface area contributed by atoms with Crippen molar-refractivity contribution in [1.82, 2.24) is 0 Å². The van der Waals surface area contributed by atoms with E-state index in [0.29, 0.717) is 28.3 Å². The van der Waals surface area contributed by atoms with Gasteiger partial charge in [-0.25, -0.2) is 13.3 Å². The van der Waals surface area contributed by atoms with E-state index in [1.54, 1.807) is 49.4 Å². The van der Waals surface area contributed by atoms with Gasteiger partial charge in [0.05, 0.1) is 28.5 Å². The highest BCUT2D eigenvalue weighted by molar-refractivity contribution is 7.92. The predicted molar refractivity (Wildman–Crippen MR) is 132 cm³/mol. The van der Waals surface area contributed by atoms with Crippen LogP contribution < -0.4 is 9.21 Å². The summed E-state index contributed by atoms with van der Waals surface area (Å²) >= 11 is 0. The second kappa shape index (κ2) is 9.15. The predicted octanol–water partition coefficient (Wildman–Crippen LogP) is 4.31. The molecule has 4 rings (SSSR count). The maximum absolute atomic E-state index is 13.4. The number of anilines is 2. The van der Waals surface area contributed by atoms with Crippen LogP contribution in [0.4, 0.5) is 11.4 Å². The molecule has 0 spiro atoms. The molecule has 8 heteroatoms. The fraction of sp³-hybridized carbons (Fsp3) is 0.154. The van der Waals surface area contributed by atoms with Crippen LogP contribution in [0.1, 0.15) is 25.0 Å². The lowest BCUT2D eigenvalue weighted by Crippen LogP contribution is -2.31. The zero-order valence-electron chi connectivity index (χ0n) is 19.1. The first-order valence-electron chi connectivity index (χ1n) is 10.7. The van der Waals surface area contributed by atoms with Gasteiger partial charge in [-0.05, 0) is 37.3 Å². The summed E-state index contributed by atoms with van der Waals surface area (Å²) in [6, 6.07) is 22.1. The maximum atomic E-state index is 13.4. The van der Waals surface area contributed by atoms with E-state index in [-0.39, 0.29) is 17.1 Å². The second-order valence-electron chi connectivity index (χ2n) is 7.65.